The van der Waals surface area contributed by atoms with E-state index in [4.69, 9.17) is 18.0 Å². The van der Waals surface area contributed by atoms with Crippen LogP contribution in [0.4, 0.5) is 0 Å². The first-order valence-corrected chi connectivity index (χ1v) is 4.31. The van der Waals surface area contributed by atoms with E-state index >= 15 is 0 Å². The van der Waals surface area contributed by atoms with Crippen LogP contribution in [0.25, 0.3) is 0 Å². The molecule has 0 aromatic carbocycles. The maximum absolute atomic E-state index is 11.3. The average molecular weight is 210 g/mol. The van der Waals surface area contributed by atoms with E-state index in [1.54, 1.807) is 0 Å². The lowest BCUT2D eigenvalue weighted by atomic mass is 10.4. The number of nitrogens with zero attached hydrogens (tertiary/aromatic N) is 2. The zero-order valence-electron chi connectivity index (χ0n) is 7.33. The number of terminal acetylenes is 1. The molecular weight excluding hydrogens is 202 g/mol. The van der Waals surface area contributed by atoms with Gasteiger partial charge in [0.25, 0.3) is 5.91 Å². The monoisotopic (exact) mass is 209 g/mol. The first kappa shape index (κ1) is 10.5. The molecule has 0 fully saturated rings. The summed E-state index contributed by atoms with van der Waals surface area (Å²) in [5.41, 5.74) is 0.189. The van der Waals surface area contributed by atoms with Crippen LogP contribution < -0.4 is 5.32 Å². The van der Waals surface area contributed by atoms with E-state index < -0.39 is 0 Å². The molecule has 0 spiro atoms. The highest BCUT2D eigenvalue weighted by atomic mass is 35.5. The van der Waals surface area contributed by atoms with Gasteiger partial charge in [0.1, 0.15) is 10.8 Å². The molecule has 1 aromatic rings. The number of carbonyl (C=O) groups excluding carboxylic acids is 1. The molecule has 0 atom stereocenters. The number of rotatable bonds is 3. The summed E-state index contributed by atoms with van der Waals surface area (Å²) < 4.78 is 0. The van der Waals surface area contributed by atoms with Crippen LogP contribution in [-0.2, 0) is 0 Å². The highest BCUT2D eigenvalue weighted by Gasteiger charge is 2.06. The second-order valence-electron chi connectivity index (χ2n) is 2.44. The van der Waals surface area contributed by atoms with Crippen LogP contribution in [0.5, 0.6) is 0 Å². The minimum absolute atomic E-state index is 0.189. The van der Waals surface area contributed by atoms with E-state index in [0.29, 0.717) is 13.0 Å². The predicted molar refractivity (Wildman–Crippen MR) is 52.8 cm³/mol. The maximum atomic E-state index is 11.3. The van der Waals surface area contributed by atoms with Gasteiger partial charge < -0.3 is 5.32 Å². The third kappa shape index (κ3) is 3.04. The van der Waals surface area contributed by atoms with Crippen LogP contribution >= 0.6 is 11.6 Å². The van der Waals surface area contributed by atoms with Gasteiger partial charge in [-0.05, 0) is 0 Å². The summed E-state index contributed by atoms with van der Waals surface area (Å²) >= 11 is 5.56. The van der Waals surface area contributed by atoms with Gasteiger partial charge in [-0.3, -0.25) is 9.78 Å². The van der Waals surface area contributed by atoms with Crippen molar-refractivity contribution in [1.29, 1.82) is 0 Å². The zero-order chi connectivity index (χ0) is 10.4. The number of carbonyl (C=O) groups is 1. The van der Waals surface area contributed by atoms with Crippen molar-refractivity contribution in [1.82, 2.24) is 15.3 Å². The Morgan fingerprint density at radius 1 is 1.64 bits per heavy atom. The number of nitrogens with one attached hydrogen (secondary N) is 1. The molecule has 5 heteroatoms. The standard InChI is InChI=1S/C9H8ClN3O/c1-2-3-4-12-9(14)7-5-11-6-8(10)13-7/h1,5-6H,3-4H2,(H,12,14). The molecule has 0 saturated heterocycles. The molecule has 72 valence electrons. The van der Waals surface area contributed by atoms with Gasteiger partial charge in [0.2, 0.25) is 0 Å². The Bertz CT molecular complexity index is 373. The Hall–Kier alpha value is -1.60. The number of halogens is 1. The fourth-order valence-electron chi connectivity index (χ4n) is 0.790. The highest BCUT2D eigenvalue weighted by Crippen LogP contribution is 2.01. The van der Waals surface area contributed by atoms with Crippen molar-refractivity contribution in [3.8, 4) is 12.3 Å². The van der Waals surface area contributed by atoms with E-state index in [-0.39, 0.29) is 16.8 Å². The van der Waals surface area contributed by atoms with E-state index in [1.165, 1.54) is 12.4 Å². The van der Waals surface area contributed by atoms with Crippen molar-refractivity contribution in [2.24, 2.45) is 0 Å². The Balaban J connectivity index is 2.57. The van der Waals surface area contributed by atoms with Crippen molar-refractivity contribution in [2.45, 2.75) is 6.42 Å². The largest absolute Gasteiger partial charge is 0.350 e. The van der Waals surface area contributed by atoms with Crippen molar-refractivity contribution in [2.75, 3.05) is 6.54 Å². The zero-order valence-corrected chi connectivity index (χ0v) is 8.08. The predicted octanol–water partition coefficient (Wildman–Crippen LogP) is 0.883. The van der Waals surface area contributed by atoms with Gasteiger partial charge in [-0.2, -0.15) is 0 Å². The van der Waals surface area contributed by atoms with Crippen molar-refractivity contribution >= 4 is 17.5 Å². The van der Waals surface area contributed by atoms with Crippen LogP contribution in [0, 0.1) is 12.3 Å². The van der Waals surface area contributed by atoms with Crippen LogP contribution in [0.2, 0.25) is 5.15 Å². The molecule has 0 radical (unpaired) electrons. The van der Waals surface area contributed by atoms with Gasteiger partial charge in [-0.25, -0.2) is 4.98 Å². The SMILES string of the molecule is C#CCCNC(=O)c1cncc(Cl)n1. The third-order valence-corrected chi connectivity index (χ3v) is 1.57. The summed E-state index contributed by atoms with van der Waals surface area (Å²) in [4.78, 5) is 18.9. The Labute approximate surface area is 86.7 Å². The van der Waals surface area contributed by atoms with Gasteiger partial charge in [-0.15, -0.1) is 12.3 Å². The van der Waals surface area contributed by atoms with Gasteiger partial charge in [-0.1, -0.05) is 11.6 Å². The van der Waals surface area contributed by atoms with Crippen LogP contribution in [0.15, 0.2) is 12.4 Å². The lowest BCUT2D eigenvalue weighted by molar-refractivity contribution is 0.0949. The summed E-state index contributed by atoms with van der Waals surface area (Å²) in [6, 6.07) is 0. The average Bonchev–Trinajstić information content (AvgIpc) is 2.18. The fourth-order valence-corrected chi connectivity index (χ4v) is 0.938. The number of amides is 1. The topological polar surface area (TPSA) is 54.9 Å². The van der Waals surface area contributed by atoms with E-state index in [0.717, 1.165) is 0 Å². The van der Waals surface area contributed by atoms with Crippen LogP contribution in [-0.4, -0.2) is 22.4 Å². The second kappa shape index (κ2) is 5.20. The third-order valence-electron chi connectivity index (χ3n) is 1.39. The molecule has 0 unspecified atom stereocenters. The lowest BCUT2D eigenvalue weighted by Crippen LogP contribution is -2.25. The minimum Gasteiger partial charge on any atom is -0.350 e. The van der Waals surface area contributed by atoms with Gasteiger partial charge in [0, 0.05) is 13.0 Å². The minimum atomic E-state index is -0.324. The maximum Gasteiger partial charge on any atom is 0.271 e. The Morgan fingerprint density at radius 3 is 3.07 bits per heavy atom. The summed E-state index contributed by atoms with van der Waals surface area (Å²) in [6.07, 6.45) is 8.22. The van der Waals surface area contributed by atoms with Gasteiger partial charge in [0.15, 0.2) is 0 Å². The summed E-state index contributed by atoms with van der Waals surface area (Å²) in [5.74, 6) is 2.09. The normalized spacial score (nSPS) is 9.14. The molecule has 0 bridgehead atoms. The highest BCUT2D eigenvalue weighted by molar-refractivity contribution is 6.29. The van der Waals surface area contributed by atoms with Gasteiger partial charge in [0.05, 0.1) is 12.4 Å². The number of hydrogen-bond acceptors (Lipinski definition) is 3. The number of aromatic nitrogens is 2. The summed E-state index contributed by atoms with van der Waals surface area (Å²) in [7, 11) is 0. The molecule has 0 aliphatic carbocycles. The first-order valence-electron chi connectivity index (χ1n) is 3.93. The van der Waals surface area contributed by atoms with Crippen LogP contribution in [0.3, 0.4) is 0 Å². The van der Waals surface area contributed by atoms with E-state index in [2.05, 4.69) is 21.2 Å². The van der Waals surface area contributed by atoms with Crippen molar-refractivity contribution in [3.05, 3.63) is 23.2 Å². The van der Waals surface area contributed by atoms with E-state index in [1.807, 2.05) is 0 Å². The lowest BCUT2D eigenvalue weighted by Gasteiger charge is -2.01. The fraction of sp³-hybridized carbons (Fsp3) is 0.222. The Morgan fingerprint density at radius 2 is 2.43 bits per heavy atom. The summed E-state index contributed by atoms with van der Waals surface area (Å²) in [5, 5.41) is 2.77. The van der Waals surface area contributed by atoms with Crippen molar-refractivity contribution < 1.29 is 4.79 Å². The molecule has 4 nitrogen and oxygen atoms in total. The molecule has 1 amide bonds. The molecule has 14 heavy (non-hydrogen) atoms. The molecule has 0 aliphatic rings. The first-order chi connectivity index (χ1) is 6.74. The Kier molecular flexibility index (Phi) is 3.89. The molecule has 1 aromatic heterocycles. The molecule has 1 rings (SSSR count). The number of hydrogen-bond donors (Lipinski definition) is 1. The van der Waals surface area contributed by atoms with E-state index in [9.17, 15) is 4.79 Å². The van der Waals surface area contributed by atoms with Crippen molar-refractivity contribution in [3.63, 3.8) is 0 Å². The summed E-state index contributed by atoms with van der Waals surface area (Å²) in [6.45, 7) is 0.420. The molecule has 1 heterocycles. The smallest absolute Gasteiger partial charge is 0.271 e. The molecule has 0 aliphatic heterocycles. The quantitative estimate of drug-likeness (QED) is 0.594. The van der Waals surface area contributed by atoms with Crippen LogP contribution in [0.1, 0.15) is 16.9 Å². The molecule has 0 saturated carbocycles. The molecule has 1 N–H and O–H groups in total. The molecular formula is C9H8ClN3O. The van der Waals surface area contributed by atoms with Gasteiger partial charge >= 0.3 is 0 Å². The second-order valence-corrected chi connectivity index (χ2v) is 2.82.